The highest BCUT2D eigenvalue weighted by molar-refractivity contribution is 7.80. The van der Waals surface area contributed by atoms with Gasteiger partial charge in [-0.1, -0.05) is 20.8 Å². The van der Waals surface area contributed by atoms with E-state index in [-0.39, 0.29) is 41.7 Å². The van der Waals surface area contributed by atoms with Crippen LogP contribution in [-0.4, -0.2) is 53.4 Å². The summed E-state index contributed by atoms with van der Waals surface area (Å²) in [6.07, 6.45) is 4.16. The molecule has 0 aromatic carbocycles. The zero-order valence-corrected chi connectivity index (χ0v) is 27.2. The third-order valence-electron chi connectivity index (χ3n) is 9.18. The molecule has 0 spiro atoms. The fourth-order valence-electron chi connectivity index (χ4n) is 6.62. The predicted octanol–water partition coefficient (Wildman–Crippen LogP) is 5.12. The van der Waals surface area contributed by atoms with Gasteiger partial charge < -0.3 is 35.6 Å². The van der Waals surface area contributed by atoms with Crippen LogP contribution in [0.25, 0.3) is 6.08 Å². The lowest BCUT2D eigenvalue weighted by molar-refractivity contribution is -0.138. The van der Waals surface area contributed by atoms with Crippen LogP contribution in [-0.2, 0) is 46.5 Å². The molecule has 238 valence electrons. The van der Waals surface area contributed by atoms with Gasteiger partial charge in [0.2, 0.25) is 5.91 Å². The number of carboxylic acid groups (broad SMARTS) is 2. The molecular weight excluding hydrogens is 580 g/mol. The number of hydrogen-bond donors (Lipinski definition) is 8. The Morgan fingerprint density at radius 1 is 0.864 bits per heavy atom. The second-order valence-electron chi connectivity index (χ2n) is 12.0. The van der Waals surface area contributed by atoms with Crippen LogP contribution in [0.2, 0.25) is 0 Å². The van der Waals surface area contributed by atoms with Gasteiger partial charge >= 0.3 is 11.9 Å². The fourth-order valence-corrected chi connectivity index (χ4v) is 7.03. The number of hydrogen-bond acceptors (Lipinski definition) is 5. The molecule has 3 aromatic heterocycles. The molecule has 0 aliphatic carbocycles. The van der Waals surface area contributed by atoms with Crippen LogP contribution in [0.5, 0.6) is 5.88 Å². The summed E-state index contributed by atoms with van der Waals surface area (Å²) >= 11 is 4.63. The van der Waals surface area contributed by atoms with Gasteiger partial charge in [0.25, 0.3) is 0 Å². The molecule has 0 unspecified atom stereocenters. The number of amides is 1. The molecule has 0 saturated carbocycles. The van der Waals surface area contributed by atoms with E-state index in [4.69, 9.17) is 0 Å². The molecule has 1 fully saturated rings. The van der Waals surface area contributed by atoms with Gasteiger partial charge in [-0.05, 0) is 73.9 Å². The zero-order chi connectivity index (χ0) is 32.5. The third kappa shape index (κ3) is 6.77. The zero-order valence-electron chi connectivity index (χ0n) is 26.3. The largest absolute Gasteiger partial charge is 0.494 e. The summed E-state index contributed by atoms with van der Waals surface area (Å²) in [6, 6.07) is 0. The van der Waals surface area contributed by atoms with E-state index in [1.54, 1.807) is 0 Å². The Balaban J connectivity index is 1.77. The summed E-state index contributed by atoms with van der Waals surface area (Å²) in [6.45, 7) is 11.8. The molecule has 1 saturated heterocycles. The summed E-state index contributed by atoms with van der Waals surface area (Å²) < 4.78 is 0. The standard InChI is InChI=1S/C33H44N4O6S/c1-7-20-15(2)25(36-33(20)43)12-23-16(3)21(8-10-29(38)39)26(34-23)14-27-22(9-11-30(40)41)17(4)24(35-27)13-28-31(19(6)44)18(5)32(42)37-28/h13,18-19,31,34-36,43-44H,7-12,14H2,1-6H3,(H,37,42)(H,38,39)(H,40,41)/b28-13-/t18-,19-,31+/m1/s1. The maximum atomic E-state index is 12.5. The highest BCUT2D eigenvalue weighted by Crippen LogP contribution is 2.35. The molecule has 44 heavy (non-hydrogen) atoms. The lowest BCUT2D eigenvalue weighted by Crippen LogP contribution is -2.19. The van der Waals surface area contributed by atoms with E-state index in [0.717, 1.165) is 67.5 Å². The Labute approximate surface area is 263 Å². The summed E-state index contributed by atoms with van der Waals surface area (Å²) in [5.41, 5.74) is 10.7. The van der Waals surface area contributed by atoms with Crippen LogP contribution in [0.15, 0.2) is 5.70 Å². The van der Waals surface area contributed by atoms with Gasteiger partial charge in [0.05, 0.1) is 0 Å². The first-order chi connectivity index (χ1) is 20.7. The monoisotopic (exact) mass is 624 g/mol. The second-order valence-corrected chi connectivity index (χ2v) is 12.8. The van der Waals surface area contributed by atoms with Crippen molar-refractivity contribution in [2.45, 2.75) is 91.7 Å². The highest BCUT2D eigenvalue weighted by Gasteiger charge is 2.37. The number of carbonyl (C=O) groups excluding carboxylic acids is 1. The van der Waals surface area contributed by atoms with Crippen molar-refractivity contribution >= 4 is 36.6 Å². The molecule has 4 rings (SSSR count). The molecule has 4 heterocycles. The van der Waals surface area contributed by atoms with Gasteiger partial charge in [0.15, 0.2) is 5.88 Å². The van der Waals surface area contributed by atoms with Gasteiger partial charge in [-0.3, -0.25) is 14.4 Å². The number of aromatic amines is 3. The average molecular weight is 625 g/mol. The van der Waals surface area contributed by atoms with Crippen LogP contribution in [0.4, 0.5) is 0 Å². The minimum absolute atomic E-state index is 0.0262. The number of allylic oxidation sites excluding steroid dienone is 1. The average Bonchev–Trinajstić information content (AvgIpc) is 3.59. The molecule has 3 aromatic rings. The first kappa shape index (κ1) is 33.0. The van der Waals surface area contributed by atoms with Crippen LogP contribution in [0.3, 0.4) is 0 Å². The van der Waals surface area contributed by atoms with E-state index in [1.807, 2.05) is 47.6 Å². The van der Waals surface area contributed by atoms with E-state index in [2.05, 4.69) is 32.9 Å². The molecule has 1 aliphatic rings. The topological polar surface area (TPSA) is 171 Å². The number of nitrogens with one attached hydrogen (secondary N) is 4. The van der Waals surface area contributed by atoms with Crippen molar-refractivity contribution in [3.8, 4) is 5.88 Å². The molecule has 11 heteroatoms. The Morgan fingerprint density at radius 2 is 1.39 bits per heavy atom. The molecule has 1 aliphatic heterocycles. The lowest BCUT2D eigenvalue weighted by Gasteiger charge is -2.17. The number of aliphatic carboxylic acids is 2. The maximum Gasteiger partial charge on any atom is 0.303 e. The minimum Gasteiger partial charge on any atom is -0.494 e. The number of thiol groups is 1. The molecular formula is C33H44N4O6S. The lowest BCUT2D eigenvalue weighted by atomic mass is 9.91. The van der Waals surface area contributed by atoms with Gasteiger partial charge in [-0.2, -0.15) is 12.6 Å². The van der Waals surface area contributed by atoms with Crippen molar-refractivity contribution < 1.29 is 29.7 Å². The molecule has 1 amide bonds. The number of aromatic hydroxyl groups is 1. The summed E-state index contributed by atoms with van der Waals surface area (Å²) in [7, 11) is 0. The van der Waals surface area contributed by atoms with Crippen molar-refractivity contribution in [2.75, 3.05) is 0 Å². The van der Waals surface area contributed by atoms with Crippen molar-refractivity contribution in [1.82, 2.24) is 20.3 Å². The molecule has 0 radical (unpaired) electrons. The van der Waals surface area contributed by atoms with E-state index in [1.165, 1.54) is 0 Å². The van der Waals surface area contributed by atoms with Gasteiger partial charge in [-0.15, -0.1) is 0 Å². The predicted molar refractivity (Wildman–Crippen MR) is 172 cm³/mol. The Morgan fingerprint density at radius 3 is 1.93 bits per heavy atom. The van der Waals surface area contributed by atoms with Gasteiger partial charge in [-0.25, -0.2) is 0 Å². The second kappa shape index (κ2) is 13.4. The van der Waals surface area contributed by atoms with Crippen molar-refractivity contribution in [3.63, 3.8) is 0 Å². The molecule has 7 N–H and O–H groups in total. The quantitative estimate of drug-likeness (QED) is 0.123. The maximum absolute atomic E-state index is 12.5. The first-order valence-electron chi connectivity index (χ1n) is 15.2. The van der Waals surface area contributed by atoms with Gasteiger partial charge in [0, 0.05) is 82.5 Å². The van der Waals surface area contributed by atoms with E-state index in [9.17, 15) is 29.7 Å². The SMILES string of the molecule is CCc1c(O)[nH]c(Cc2[nH]c(Cc3[nH]c(/C=C4\NC(=O)[C@H](C)[C@H]4[C@@H](C)S)c(C)c3CCC(=O)O)c(CCC(=O)O)c2C)c1C. The normalized spacial score (nSPS) is 18.2. The van der Waals surface area contributed by atoms with E-state index >= 15 is 0 Å². The number of carbonyl (C=O) groups is 3. The van der Waals surface area contributed by atoms with Crippen LogP contribution in [0, 0.1) is 32.6 Å². The Hall–Kier alpha value is -3.86. The highest BCUT2D eigenvalue weighted by atomic mass is 32.1. The first-order valence-corrected chi connectivity index (χ1v) is 15.7. The summed E-state index contributed by atoms with van der Waals surface area (Å²) in [5.74, 6) is -1.96. The van der Waals surface area contributed by atoms with Crippen LogP contribution in [0.1, 0.15) is 95.5 Å². The van der Waals surface area contributed by atoms with Crippen LogP contribution < -0.4 is 5.32 Å². The number of carboxylic acids is 2. The Bertz CT molecular complexity index is 1610. The van der Waals surface area contributed by atoms with Gasteiger partial charge in [0.1, 0.15) is 0 Å². The summed E-state index contributed by atoms with van der Waals surface area (Å²) in [4.78, 5) is 45.8. The van der Waals surface area contributed by atoms with Crippen molar-refractivity contribution in [2.24, 2.45) is 11.8 Å². The van der Waals surface area contributed by atoms with Crippen LogP contribution >= 0.6 is 12.6 Å². The van der Waals surface area contributed by atoms with E-state index in [0.29, 0.717) is 32.1 Å². The van der Waals surface area contributed by atoms with E-state index < -0.39 is 11.9 Å². The fraction of sp³-hybridized carbons (Fsp3) is 0.485. The number of aromatic nitrogens is 3. The molecule has 0 bridgehead atoms. The molecule has 3 atom stereocenters. The smallest absolute Gasteiger partial charge is 0.303 e. The number of rotatable bonds is 13. The summed E-state index contributed by atoms with van der Waals surface area (Å²) in [5, 5.41) is 32.3. The molecule has 10 nitrogen and oxygen atoms in total. The Kier molecular flexibility index (Phi) is 10.1. The third-order valence-corrected chi connectivity index (χ3v) is 9.50. The van der Waals surface area contributed by atoms with Crippen molar-refractivity contribution in [1.29, 1.82) is 0 Å². The minimum atomic E-state index is -0.895. The number of H-pyrrole nitrogens is 3. The van der Waals surface area contributed by atoms with Crippen molar-refractivity contribution in [3.05, 3.63) is 67.5 Å².